The molecule has 2 rings (SSSR count). The van der Waals surface area contributed by atoms with Crippen LogP contribution in [0.1, 0.15) is 23.8 Å². The Hall–Kier alpha value is -1.30. The van der Waals surface area contributed by atoms with Crippen LogP contribution in [0.3, 0.4) is 0 Å². The molecule has 17 heavy (non-hydrogen) atoms. The van der Waals surface area contributed by atoms with Crippen LogP contribution in [0.4, 0.5) is 5.82 Å². The number of thioether (sulfide) groups is 1. The van der Waals surface area contributed by atoms with Gasteiger partial charge in [0.15, 0.2) is 5.69 Å². The van der Waals surface area contributed by atoms with Crippen molar-refractivity contribution in [3.63, 3.8) is 0 Å². The molecule has 1 aliphatic rings. The molecular formula is C11H16N4OS. The summed E-state index contributed by atoms with van der Waals surface area (Å²) in [5, 5.41) is 13.9. The first-order valence-corrected chi connectivity index (χ1v) is 6.91. The molecule has 2 heterocycles. The van der Waals surface area contributed by atoms with Gasteiger partial charge in [-0.15, -0.1) is 10.2 Å². The van der Waals surface area contributed by atoms with Crippen molar-refractivity contribution in [2.45, 2.75) is 19.4 Å². The number of carbonyl (C=O) groups is 1. The van der Waals surface area contributed by atoms with Gasteiger partial charge in [0.2, 0.25) is 0 Å². The minimum absolute atomic E-state index is 0.178. The fourth-order valence-electron chi connectivity index (χ4n) is 1.64. The molecule has 2 N–H and O–H groups in total. The molecular weight excluding hydrogens is 236 g/mol. The average molecular weight is 252 g/mol. The zero-order valence-corrected chi connectivity index (χ0v) is 10.6. The molecule has 1 aliphatic heterocycles. The Morgan fingerprint density at radius 2 is 2.41 bits per heavy atom. The number of hydrogen-bond donors (Lipinski definition) is 2. The Balaban J connectivity index is 1.94. The smallest absolute Gasteiger partial charge is 0.271 e. The molecule has 5 nitrogen and oxygen atoms in total. The van der Waals surface area contributed by atoms with Gasteiger partial charge < -0.3 is 10.6 Å². The van der Waals surface area contributed by atoms with Crippen LogP contribution in [0.5, 0.6) is 0 Å². The van der Waals surface area contributed by atoms with Crippen molar-refractivity contribution in [2.75, 3.05) is 23.4 Å². The maximum absolute atomic E-state index is 11.5. The van der Waals surface area contributed by atoms with Gasteiger partial charge in [-0.25, -0.2) is 0 Å². The summed E-state index contributed by atoms with van der Waals surface area (Å²) < 4.78 is 0. The molecule has 0 radical (unpaired) electrons. The Bertz CT molecular complexity index is 376. The number of aromatic nitrogens is 2. The fraction of sp³-hybridized carbons (Fsp3) is 0.545. The van der Waals surface area contributed by atoms with Crippen LogP contribution in [0, 0.1) is 0 Å². The van der Waals surface area contributed by atoms with Gasteiger partial charge in [-0.2, -0.15) is 11.8 Å². The second kappa shape index (κ2) is 5.86. The predicted octanol–water partition coefficient (Wildman–Crippen LogP) is 1.14. The monoisotopic (exact) mass is 252 g/mol. The SMILES string of the molecule is CCNC(=O)c1ccc(NC2CCSC2)nn1. The zero-order valence-electron chi connectivity index (χ0n) is 9.77. The summed E-state index contributed by atoms with van der Waals surface area (Å²) in [6, 6.07) is 3.98. The van der Waals surface area contributed by atoms with Crippen LogP contribution in [-0.2, 0) is 0 Å². The molecule has 1 unspecified atom stereocenters. The van der Waals surface area contributed by atoms with Crippen LogP contribution >= 0.6 is 11.8 Å². The standard InChI is InChI=1S/C11H16N4OS/c1-2-12-11(16)9-3-4-10(15-14-9)13-8-5-6-17-7-8/h3-4,8H,2,5-7H2,1H3,(H,12,16)(H,13,15). The highest BCUT2D eigenvalue weighted by atomic mass is 32.2. The summed E-state index contributed by atoms with van der Waals surface area (Å²) in [6.07, 6.45) is 1.16. The van der Waals surface area contributed by atoms with E-state index in [-0.39, 0.29) is 5.91 Å². The number of nitrogens with zero attached hydrogens (tertiary/aromatic N) is 2. The van der Waals surface area contributed by atoms with Crippen molar-refractivity contribution in [2.24, 2.45) is 0 Å². The van der Waals surface area contributed by atoms with E-state index in [0.29, 0.717) is 18.3 Å². The molecule has 92 valence electrons. The lowest BCUT2D eigenvalue weighted by molar-refractivity contribution is 0.0950. The Kier molecular flexibility index (Phi) is 4.19. The van der Waals surface area contributed by atoms with Crippen LogP contribution in [0.15, 0.2) is 12.1 Å². The molecule has 1 saturated heterocycles. The molecule has 0 saturated carbocycles. The van der Waals surface area contributed by atoms with E-state index >= 15 is 0 Å². The first-order valence-electron chi connectivity index (χ1n) is 5.76. The second-order valence-corrected chi connectivity index (χ2v) is 5.02. The van der Waals surface area contributed by atoms with Crippen molar-refractivity contribution in [3.8, 4) is 0 Å². The predicted molar refractivity (Wildman–Crippen MR) is 69.4 cm³/mol. The van der Waals surface area contributed by atoms with E-state index in [1.54, 1.807) is 12.1 Å². The summed E-state index contributed by atoms with van der Waals surface area (Å²) in [6.45, 7) is 2.47. The van der Waals surface area contributed by atoms with Crippen molar-refractivity contribution < 1.29 is 4.79 Å². The van der Waals surface area contributed by atoms with Crippen LogP contribution in [0.2, 0.25) is 0 Å². The largest absolute Gasteiger partial charge is 0.365 e. The summed E-state index contributed by atoms with van der Waals surface area (Å²) in [5.74, 6) is 2.87. The molecule has 0 spiro atoms. The van der Waals surface area contributed by atoms with Gasteiger partial charge >= 0.3 is 0 Å². The minimum atomic E-state index is -0.178. The molecule has 1 aromatic rings. The molecule has 1 aromatic heterocycles. The van der Waals surface area contributed by atoms with Gasteiger partial charge in [0.1, 0.15) is 5.82 Å². The third-order valence-electron chi connectivity index (χ3n) is 2.52. The van der Waals surface area contributed by atoms with Crippen molar-refractivity contribution >= 4 is 23.5 Å². The second-order valence-electron chi connectivity index (χ2n) is 3.87. The number of anilines is 1. The molecule has 1 atom stereocenters. The first kappa shape index (κ1) is 12.2. The highest BCUT2D eigenvalue weighted by Gasteiger charge is 2.15. The lowest BCUT2D eigenvalue weighted by atomic mass is 10.2. The van der Waals surface area contributed by atoms with E-state index in [4.69, 9.17) is 0 Å². The van der Waals surface area contributed by atoms with Crippen LogP contribution in [-0.4, -0.2) is 40.2 Å². The zero-order chi connectivity index (χ0) is 12.1. The highest BCUT2D eigenvalue weighted by Crippen LogP contribution is 2.20. The summed E-state index contributed by atoms with van der Waals surface area (Å²) in [4.78, 5) is 11.5. The topological polar surface area (TPSA) is 66.9 Å². The molecule has 0 aromatic carbocycles. The van der Waals surface area contributed by atoms with Crippen molar-refractivity contribution in [1.29, 1.82) is 0 Å². The van der Waals surface area contributed by atoms with Crippen molar-refractivity contribution in [1.82, 2.24) is 15.5 Å². The lowest BCUT2D eigenvalue weighted by Crippen LogP contribution is -2.24. The molecule has 0 aliphatic carbocycles. The quantitative estimate of drug-likeness (QED) is 0.841. The Morgan fingerprint density at radius 1 is 1.53 bits per heavy atom. The number of hydrogen-bond acceptors (Lipinski definition) is 5. The molecule has 0 bridgehead atoms. The lowest BCUT2D eigenvalue weighted by Gasteiger charge is -2.11. The van der Waals surface area contributed by atoms with E-state index in [1.165, 1.54) is 5.75 Å². The van der Waals surface area contributed by atoms with Gasteiger partial charge in [-0.3, -0.25) is 4.79 Å². The van der Waals surface area contributed by atoms with Gasteiger partial charge in [0, 0.05) is 18.3 Å². The van der Waals surface area contributed by atoms with Crippen molar-refractivity contribution in [3.05, 3.63) is 17.8 Å². The normalized spacial score (nSPS) is 19.0. The first-order chi connectivity index (χ1) is 8.29. The molecule has 1 fully saturated rings. The van der Waals surface area contributed by atoms with E-state index in [2.05, 4.69) is 20.8 Å². The fourth-order valence-corrected chi connectivity index (χ4v) is 2.79. The highest BCUT2D eigenvalue weighted by molar-refractivity contribution is 7.99. The number of rotatable bonds is 4. The van der Waals surface area contributed by atoms with E-state index < -0.39 is 0 Å². The van der Waals surface area contributed by atoms with E-state index in [0.717, 1.165) is 18.0 Å². The summed E-state index contributed by atoms with van der Waals surface area (Å²) in [7, 11) is 0. The Morgan fingerprint density at radius 3 is 3.00 bits per heavy atom. The Labute approximate surface area is 105 Å². The third-order valence-corrected chi connectivity index (χ3v) is 3.68. The van der Waals surface area contributed by atoms with Gasteiger partial charge in [-0.1, -0.05) is 0 Å². The molecule has 1 amide bonds. The van der Waals surface area contributed by atoms with Gasteiger partial charge in [0.25, 0.3) is 5.91 Å². The molecule has 6 heteroatoms. The van der Waals surface area contributed by atoms with Crippen LogP contribution < -0.4 is 10.6 Å². The average Bonchev–Trinajstić information content (AvgIpc) is 2.83. The van der Waals surface area contributed by atoms with Gasteiger partial charge in [0.05, 0.1) is 0 Å². The number of carbonyl (C=O) groups excluding carboxylic acids is 1. The van der Waals surface area contributed by atoms with E-state index in [1.807, 2.05) is 18.7 Å². The maximum atomic E-state index is 11.5. The third kappa shape index (κ3) is 3.33. The number of amides is 1. The summed E-state index contributed by atoms with van der Waals surface area (Å²) in [5.41, 5.74) is 0.359. The summed E-state index contributed by atoms with van der Waals surface area (Å²) >= 11 is 1.94. The van der Waals surface area contributed by atoms with E-state index in [9.17, 15) is 4.79 Å². The number of nitrogens with one attached hydrogen (secondary N) is 2. The van der Waals surface area contributed by atoms with Crippen LogP contribution in [0.25, 0.3) is 0 Å². The minimum Gasteiger partial charge on any atom is -0.365 e. The maximum Gasteiger partial charge on any atom is 0.271 e. The van der Waals surface area contributed by atoms with Gasteiger partial charge in [-0.05, 0) is 31.2 Å².